The van der Waals surface area contributed by atoms with Gasteiger partial charge in [-0.25, -0.2) is 4.99 Å². The predicted molar refractivity (Wildman–Crippen MR) is 110 cm³/mol. The van der Waals surface area contributed by atoms with E-state index in [0.717, 1.165) is 49.0 Å². The van der Waals surface area contributed by atoms with E-state index in [1.165, 1.54) is 4.88 Å². The standard InChI is InChI=1S/C20H29N3O2S/c1-4-12-25-18-9-8-16(14-19(18)24-3)15-23-20(21-5-2)22-11-10-17-7-6-13-26-17/h6-9,13-14H,4-5,10-12,15H2,1-3H3,(H2,21,22,23). The Morgan fingerprint density at radius 3 is 2.73 bits per heavy atom. The fourth-order valence-electron chi connectivity index (χ4n) is 2.41. The first-order valence-electron chi connectivity index (χ1n) is 9.11. The van der Waals surface area contributed by atoms with Gasteiger partial charge < -0.3 is 20.1 Å². The first-order valence-corrected chi connectivity index (χ1v) is 9.99. The SMILES string of the molecule is CCCOc1ccc(CN=C(NCC)NCCc2cccs2)cc1OC. The van der Waals surface area contributed by atoms with Crippen LogP contribution in [0, 0.1) is 0 Å². The molecule has 2 N–H and O–H groups in total. The number of benzene rings is 1. The average Bonchev–Trinajstić information content (AvgIpc) is 3.18. The molecule has 0 unspecified atom stereocenters. The summed E-state index contributed by atoms with van der Waals surface area (Å²) in [6.45, 7) is 7.12. The molecule has 0 aliphatic heterocycles. The summed E-state index contributed by atoms with van der Waals surface area (Å²) in [7, 11) is 1.66. The summed E-state index contributed by atoms with van der Waals surface area (Å²) in [6.07, 6.45) is 1.97. The summed E-state index contributed by atoms with van der Waals surface area (Å²) in [5, 5.41) is 8.78. The van der Waals surface area contributed by atoms with Crippen molar-refractivity contribution in [2.45, 2.75) is 33.2 Å². The van der Waals surface area contributed by atoms with Crippen molar-refractivity contribution in [2.75, 3.05) is 26.8 Å². The third kappa shape index (κ3) is 6.59. The van der Waals surface area contributed by atoms with E-state index in [1.54, 1.807) is 18.4 Å². The number of guanidine groups is 1. The number of nitrogens with one attached hydrogen (secondary N) is 2. The van der Waals surface area contributed by atoms with Gasteiger partial charge in [-0.15, -0.1) is 11.3 Å². The molecule has 2 rings (SSSR count). The predicted octanol–water partition coefficient (Wildman–Crippen LogP) is 3.84. The molecule has 0 aliphatic carbocycles. The fraction of sp³-hybridized carbons (Fsp3) is 0.450. The Kier molecular flexibility index (Phi) is 8.83. The molecule has 0 amide bonds. The quantitative estimate of drug-likeness (QED) is 0.489. The molecule has 2 aromatic rings. The maximum absolute atomic E-state index is 5.70. The van der Waals surface area contributed by atoms with E-state index in [9.17, 15) is 0 Å². The van der Waals surface area contributed by atoms with Gasteiger partial charge >= 0.3 is 0 Å². The minimum absolute atomic E-state index is 0.582. The molecule has 0 spiro atoms. The zero-order valence-electron chi connectivity index (χ0n) is 15.9. The van der Waals surface area contributed by atoms with Crippen molar-refractivity contribution in [3.8, 4) is 11.5 Å². The van der Waals surface area contributed by atoms with Crippen molar-refractivity contribution in [3.05, 3.63) is 46.2 Å². The van der Waals surface area contributed by atoms with Gasteiger partial charge in [0.2, 0.25) is 0 Å². The lowest BCUT2D eigenvalue weighted by Crippen LogP contribution is -2.38. The van der Waals surface area contributed by atoms with E-state index in [0.29, 0.717) is 13.2 Å². The molecular weight excluding hydrogens is 346 g/mol. The van der Waals surface area contributed by atoms with Crippen LogP contribution in [0.25, 0.3) is 0 Å². The molecule has 1 aromatic heterocycles. The molecule has 6 heteroatoms. The Hall–Kier alpha value is -2.21. The lowest BCUT2D eigenvalue weighted by molar-refractivity contribution is 0.294. The van der Waals surface area contributed by atoms with Crippen LogP contribution in [-0.4, -0.2) is 32.8 Å². The zero-order valence-corrected chi connectivity index (χ0v) is 16.7. The molecule has 5 nitrogen and oxygen atoms in total. The van der Waals surface area contributed by atoms with Gasteiger partial charge in [0, 0.05) is 18.0 Å². The van der Waals surface area contributed by atoms with E-state index < -0.39 is 0 Å². The van der Waals surface area contributed by atoms with Crippen LogP contribution < -0.4 is 20.1 Å². The molecule has 1 aromatic carbocycles. The maximum atomic E-state index is 5.70. The second-order valence-electron chi connectivity index (χ2n) is 5.78. The van der Waals surface area contributed by atoms with Gasteiger partial charge in [0.05, 0.1) is 20.3 Å². The van der Waals surface area contributed by atoms with Gasteiger partial charge in [-0.05, 0) is 48.9 Å². The molecule has 1 heterocycles. The van der Waals surface area contributed by atoms with Gasteiger partial charge in [0.25, 0.3) is 0 Å². The van der Waals surface area contributed by atoms with Crippen LogP contribution in [0.15, 0.2) is 40.7 Å². The van der Waals surface area contributed by atoms with Crippen molar-refractivity contribution in [1.29, 1.82) is 0 Å². The molecule has 0 fully saturated rings. The molecule has 0 radical (unpaired) electrons. The van der Waals surface area contributed by atoms with Crippen molar-refractivity contribution >= 4 is 17.3 Å². The number of thiophene rings is 1. The summed E-state index contributed by atoms with van der Waals surface area (Å²) < 4.78 is 11.1. The van der Waals surface area contributed by atoms with E-state index >= 15 is 0 Å². The van der Waals surface area contributed by atoms with Crippen LogP contribution in [-0.2, 0) is 13.0 Å². The lowest BCUT2D eigenvalue weighted by atomic mass is 10.2. The van der Waals surface area contributed by atoms with Crippen molar-refractivity contribution in [1.82, 2.24) is 10.6 Å². The highest BCUT2D eigenvalue weighted by Crippen LogP contribution is 2.28. The van der Waals surface area contributed by atoms with E-state index in [-0.39, 0.29) is 0 Å². The number of hydrogen-bond acceptors (Lipinski definition) is 4. The van der Waals surface area contributed by atoms with Gasteiger partial charge in [-0.3, -0.25) is 0 Å². The Morgan fingerprint density at radius 2 is 2.04 bits per heavy atom. The number of ether oxygens (including phenoxy) is 2. The first kappa shape index (κ1) is 20.1. The number of rotatable bonds is 10. The smallest absolute Gasteiger partial charge is 0.191 e. The highest BCUT2D eigenvalue weighted by Gasteiger charge is 2.06. The Morgan fingerprint density at radius 1 is 1.15 bits per heavy atom. The second-order valence-corrected chi connectivity index (χ2v) is 6.82. The van der Waals surface area contributed by atoms with E-state index in [4.69, 9.17) is 9.47 Å². The minimum atomic E-state index is 0.582. The summed E-state index contributed by atoms with van der Waals surface area (Å²) in [5.41, 5.74) is 1.08. The topological polar surface area (TPSA) is 54.9 Å². The van der Waals surface area contributed by atoms with E-state index in [1.807, 2.05) is 18.2 Å². The summed E-state index contributed by atoms with van der Waals surface area (Å²) in [5.74, 6) is 2.36. The number of aliphatic imine (C=N–C) groups is 1. The largest absolute Gasteiger partial charge is 0.493 e. The highest BCUT2D eigenvalue weighted by atomic mass is 32.1. The first-order chi connectivity index (χ1) is 12.8. The van der Waals surface area contributed by atoms with Crippen LogP contribution in [0.2, 0.25) is 0 Å². The molecular formula is C20H29N3O2S. The van der Waals surface area contributed by atoms with Crippen LogP contribution in [0.1, 0.15) is 30.7 Å². The minimum Gasteiger partial charge on any atom is -0.493 e. The van der Waals surface area contributed by atoms with Gasteiger partial charge in [-0.1, -0.05) is 19.1 Å². The molecule has 142 valence electrons. The molecule has 0 saturated carbocycles. The van der Waals surface area contributed by atoms with Crippen molar-refractivity contribution in [3.63, 3.8) is 0 Å². The number of hydrogen-bond donors (Lipinski definition) is 2. The van der Waals surface area contributed by atoms with Crippen LogP contribution >= 0.6 is 11.3 Å². The summed E-state index contributed by atoms with van der Waals surface area (Å²) >= 11 is 1.78. The molecule has 0 aliphatic rings. The number of nitrogens with zero attached hydrogens (tertiary/aromatic N) is 1. The third-order valence-electron chi connectivity index (χ3n) is 3.70. The molecule has 0 bridgehead atoms. The lowest BCUT2D eigenvalue weighted by Gasteiger charge is -2.12. The van der Waals surface area contributed by atoms with Gasteiger partial charge in [-0.2, -0.15) is 0 Å². The zero-order chi connectivity index (χ0) is 18.6. The van der Waals surface area contributed by atoms with Crippen LogP contribution in [0.5, 0.6) is 11.5 Å². The summed E-state index contributed by atoms with van der Waals surface area (Å²) in [4.78, 5) is 6.05. The van der Waals surface area contributed by atoms with Crippen molar-refractivity contribution in [2.24, 2.45) is 4.99 Å². The average molecular weight is 376 g/mol. The third-order valence-corrected chi connectivity index (χ3v) is 4.63. The number of methoxy groups -OCH3 is 1. The maximum Gasteiger partial charge on any atom is 0.191 e. The normalized spacial score (nSPS) is 11.3. The van der Waals surface area contributed by atoms with Crippen LogP contribution in [0.3, 0.4) is 0 Å². The molecule has 0 saturated heterocycles. The van der Waals surface area contributed by atoms with E-state index in [2.05, 4.69) is 47.0 Å². The van der Waals surface area contributed by atoms with Gasteiger partial charge in [0.15, 0.2) is 17.5 Å². The second kappa shape index (κ2) is 11.4. The van der Waals surface area contributed by atoms with Gasteiger partial charge in [0.1, 0.15) is 0 Å². The summed E-state index contributed by atoms with van der Waals surface area (Å²) in [6, 6.07) is 10.2. The fourth-order valence-corrected chi connectivity index (χ4v) is 3.12. The molecule has 26 heavy (non-hydrogen) atoms. The Bertz CT molecular complexity index is 672. The monoisotopic (exact) mass is 375 g/mol. The molecule has 0 atom stereocenters. The van der Waals surface area contributed by atoms with Crippen LogP contribution in [0.4, 0.5) is 0 Å². The van der Waals surface area contributed by atoms with Crippen molar-refractivity contribution < 1.29 is 9.47 Å². The highest BCUT2D eigenvalue weighted by molar-refractivity contribution is 7.09. The Labute approximate surface area is 160 Å². The Balaban J connectivity index is 1.94.